The van der Waals surface area contributed by atoms with E-state index in [0.717, 1.165) is 38.2 Å². The second-order valence-corrected chi connectivity index (χ2v) is 6.82. The summed E-state index contributed by atoms with van der Waals surface area (Å²) in [6.45, 7) is 3.20. The fourth-order valence-electron chi connectivity index (χ4n) is 3.77. The zero-order valence-corrected chi connectivity index (χ0v) is 14.1. The molecular weight excluding hydrogens is 288 g/mol. The first-order chi connectivity index (χ1) is 11.3. The molecule has 1 aliphatic carbocycles. The first-order valence-electron chi connectivity index (χ1n) is 8.93. The van der Waals surface area contributed by atoms with Crippen molar-refractivity contribution < 1.29 is 9.53 Å². The van der Waals surface area contributed by atoms with Crippen LogP contribution in [0, 0.1) is 5.92 Å². The molecule has 2 aliphatic rings. The average Bonchev–Trinajstić information content (AvgIpc) is 3.28. The summed E-state index contributed by atoms with van der Waals surface area (Å²) in [6.07, 6.45) is 7.02. The van der Waals surface area contributed by atoms with Gasteiger partial charge in [0.1, 0.15) is 5.75 Å². The normalized spacial score (nSPS) is 20.6. The van der Waals surface area contributed by atoms with Crippen molar-refractivity contribution in [2.45, 2.75) is 44.6 Å². The molecule has 1 saturated carbocycles. The van der Waals surface area contributed by atoms with E-state index >= 15 is 0 Å². The van der Waals surface area contributed by atoms with Crippen LogP contribution >= 0.6 is 0 Å². The van der Waals surface area contributed by atoms with Gasteiger partial charge in [0, 0.05) is 12.5 Å². The largest absolute Gasteiger partial charge is 0.497 e. The third kappa shape index (κ3) is 4.25. The van der Waals surface area contributed by atoms with E-state index in [2.05, 4.69) is 22.3 Å². The van der Waals surface area contributed by atoms with Crippen LogP contribution < -0.4 is 10.1 Å². The first kappa shape index (κ1) is 16.3. The van der Waals surface area contributed by atoms with Crippen molar-refractivity contribution in [3.05, 3.63) is 29.8 Å². The number of ether oxygens (including phenoxy) is 1. The maximum absolute atomic E-state index is 12.6. The second kappa shape index (κ2) is 7.82. The molecule has 126 valence electrons. The van der Waals surface area contributed by atoms with Crippen LogP contribution in [0.3, 0.4) is 0 Å². The first-order valence-corrected chi connectivity index (χ1v) is 8.93. The molecule has 1 saturated heterocycles. The van der Waals surface area contributed by atoms with Crippen molar-refractivity contribution in [1.29, 1.82) is 0 Å². The summed E-state index contributed by atoms with van der Waals surface area (Å²) in [5, 5.41) is 3.32. The van der Waals surface area contributed by atoms with Crippen LogP contribution in [0.25, 0.3) is 0 Å². The standard InChI is InChI=1S/C19H28N2O2/c1-23-17-10-8-15(9-11-17)18(14-21-12-4-5-13-21)20-19(22)16-6-2-3-7-16/h8-11,16,18H,2-7,12-14H2,1H3,(H,20,22)/t18-/m0/s1. The topological polar surface area (TPSA) is 41.6 Å². The summed E-state index contributed by atoms with van der Waals surface area (Å²) in [7, 11) is 1.68. The number of carbonyl (C=O) groups is 1. The Labute approximate surface area is 139 Å². The number of likely N-dealkylation sites (tertiary alicyclic amines) is 1. The van der Waals surface area contributed by atoms with E-state index in [1.165, 1.54) is 31.2 Å². The predicted molar refractivity (Wildman–Crippen MR) is 91.5 cm³/mol. The van der Waals surface area contributed by atoms with Gasteiger partial charge in [-0.3, -0.25) is 4.79 Å². The number of carbonyl (C=O) groups excluding carboxylic acids is 1. The van der Waals surface area contributed by atoms with Crippen LogP contribution in [-0.2, 0) is 4.79 Å². The number of amides is 1. The molecule has 1 amide bonds. The summed E-state index contributed by atoms with van der Waals surface area (Å²) in [6, 6.07) is 8.19. The van der Waals surface area contributed by atoms with Gasteiger partial charge < -0.3 is 15.0 Å². The second-order valence-electron chi connectivity index (χ2n) is 6.82. The summed E-state index contributed by atoms with van der Waals surface area (Å²) in [4.78, 5) is 15.0. The lowest BCUT2D eigenvalue weighted by Gasteiger charge is -2.26. The highest BCUT2D eigenvalue weighted by atomic mass is 16.5. The molecule has 1 atom stereocenters. The number of rotatable bonds is 6. The molecule has 0 unspecified atom stereocenters. The maximum Gasteiger partial charge on any atom is 0.223 e. The third-order valence-corrected chi connectivity index (χ3v) is 5.20. The molecule has 1 N–H and O–H groups in total. The molecule has 0 aromatic heterocycles. The van der Waals surface area contributed by atoms with E-state index < -0.39 is 0 Å². The lowest BCUT2D eigenvalue weighted by atomic mass is 10.0. The van der Waals surface area contributed by atoms with Gasteiger partial charge in [-0.1, -0.05) is 25.0 Å². The Morgan fingerprint density at radius 3 is 2.43 bits per heavy atom. The molecule has 0 spiro atoms. The molecule has 1 aromatic carbocycles. The van der Waals surface area contributed by atoms with E-state index in [1.807, 2.05) is 12.1 Å². The monoisotopic (exact) mass is 316 g/mol. The van der Waals surface area contributed by atoms with E-state index in [4.69, 9.17) is 4.74 Å². The number of nitrogens with zero attached hydrogens (tertiary/aromatic N) is 1. The molecule has 0 radical (unpaired) electrons. The van der Waals surface area contributed by atoms with Gasteiger partial charge in [0.25, 0.3) is 0 Å². The van der Waals surface area contributed by atoms with Crippen LogP contribution in [0.1, 0.15) is 50.1 Å². The van der Waals surface area contributed by atoms with Crippen molar-refractivity contribution in [3.8, 4) is 5.75 Å². The summed E-state index contributed by atoms with van der Waals surface area (Å²) in [5.74, 6) is 1.31. The predicted octanol–water partition coefficient (Wildman–Crippen LogP) is 3.14. The van der Waals surface area contributed by atoms with Crippen molar-refractivity contribution in [2.24, 2.45) is 5.92 Å². The molecule has 4 nitrogen and oxygen atoms in total. The third-order valence-electron chi connectivity index (χ3n) is 5.20. The van der Waals surface area contributed by atoms with Gasteiger partial charge in [-0.05, 0) is 56.5 Å². The van der Waals surface area contributed by atoms with Gasteiger partial charge in [0.15, 0.2) is 0 Å². The molecule has 0 bridgehead atoms. The van der Waals surface area contributed by atoms with Crippen molar-refractivity contribution in [3.63, 3.8) is 0 Å². The minimum absolute atomic E-state index is 0.0760. The number of hydrogen-bond acceptors (Lipinski definition) is 3. The van der Waals surface area contributed by atoms with Crippen LogP contribution in [-0.4, -0.2) is 37.6 Å². The highest BCUT2D eigenvalue weighted by Gasteiger charge is 2.26. The van der Waals surface area contributed by atoms with Gasteiger partial charge >= 0.3 is 0 Å². The summed E-state index contributed by atoms with van der Waals surface area (Å²) >= 11 is 0. The summed E-state index contributed by atoms with van der Waals surface area (Å²) < 4.78 is 5.25. The maximum atomic E-state index is 12.6. The molecule has 23 heavy (non-hydrogen) atoms. The van der Waals surface area contributed by atoms with E-state index in [-0.39, 0.29) is 17.9 Å². The van der Waals surface area contributed by atoms with Gasteiger partial charge in [-0.25, -0.2) is 0 Å². The zero-order chi connectivity index (χ0) is 16.1. The van der Waals surface area contributed by atoms with Gasteiger partial charge in [0.05, 0.1) is 13.2 Å². The number of methoxy groups -OCH3 is 1. The fraction of sp³-hybridized carbons (Fsp3) is 0.632. The van der Waals surface area contributed by atoms with Crippen LogP contribution in [0.2, 0.25) is 0 Å². The van der Waals surface area contributed by atoms with Gasteiger partial charge in [-0.15, -0.1) is 0 Å². The van der Waals surface area contributed by atoms with E-state index in [0.29, 0.717) is 0 Å². The van der Waals surface area contributed by atoms with E-state index in [1.54, 1.807) is 7.11 Å². The minimum Gasteiger partial charge on any atom is -0.497 e. The molecule has 1 aromatic rings. The Bertz CT molecular complexity index is 503. The molecule has 2 fully saturated rings. The highest BCUT2D eigenvalue weighted by Crippen LogP contribution is 2.27. The highest BCUT2D eigenvalue weighted by molar-refractivity contribution is 5.79. The SMILES string of the molecule is COc1ccc([C@H](CN2CCCC2)NC(=O)C2CCCC2)cc1. The Morgan fingerprint density at radius 1 is 1.17 bits per heavy atom. The van der Waals surface area contributed by atoms with Gasteiger partial charge in [0.2, 0.25) is 5.91 Å². The van der Waals surface area contributed by atoms with Crippen molar-refractivity contribution >= 4 is 5.91 Å². The zero-order valence-electron chi connectivity index (χ0n) is 14.1. The molecular formula is C19H28N2O2. The quantitative estimate of drug-likeness (QED) is 0.876. The van der Waals surface area contributed by atoms with Crippen LogP contribution in [0.15, 0.2) is 24.3 Å². The number of hydrogen-bond donors (Lipinski definition) is 1. The Hall–Kier alpha value is -1.55. The Kier molecular flexibility index (Phi) is 5.55. The molecule has 4 heteroatoms. The summed E-state index contributed by atoms with van der Waals surface area (Å²) in [5.41, 5.74) is 1.17. The lowest BCUT2D eigenvalue weighted by molar-refractivity contribution is -0.125. The number of nitrogens with one attached hydrogen (secondary N) is 1. The van der Waals surface area contributed by atoms with E-state index in [9.17, 15) is 4.79 Å². The van der Waals surface area contributed by atoms with Crippen LogP contribution in [0.5, 0.6) is 5.75 Å². The minimum atomic E-state index is 0.0760. The molecule has 3 rings (SSSR count). The number of benzene rings is 1. The molecule has 1 aliphatic heterocycles. The molecule has 1 heterocycles. The Morgan fingerprint density at radius 2 is 1.83 bits per heavy atom. The Balaban J connectivity index is 1.70. The van der Waals surface area contributed by atoms with Crippen molar-refractivity contribution in [1.82, 2.24) is 10.2 Å². The van der Waals surface area contributed by atoms with Gasteiger partial charge in [-0.2, -0.15) is 0 Å². The smallest absolute Gasteiger partial charge is 0.223 e. The average molecular weight is 316 g/mol. The lowest BCUT2D eigenvalue weighted by Crippen LogP contribution is -2.39. The fourth-order valence-corrected chi connectivity index (χ4v) is 3.77. The van der Waals surface area contributed by atoms with Crippen molar-refractivity contribution in [2.75, 3.05) is 26.7 Å². The van der Waals surface area contributed by atoms with Crippen LogP contribution in [0.4, 0.5) is 0 Å².